The molecule has 0 fully saturated rings. The lowest BCUT2D eigenvalue weighted by Crippen LogP contribution is -2.40. The number of nitrogens with one attached hydrogen (secondary N) is 1. The third kappa shape index (κ3) is 4.53. The molecule has 12 heteroatoms. The summed E-state index contributed by atoms with van der Waals surface area (Å²) in [5.41, 5.74) is -0.311. The monoisotopic (exact) mass is 469 g/mol. The highest BCUT2D eigenvalue weighted by atomic mass is 35.5. The molecule has 3 rings (SSSR count). The molecule has 31 heavy (non-hydrogen) atoms. The maximum absolute atomic E-state index is 13.2. The predicted octanol–water partition coefficient (Wildman–Crippen LogP) is 1.13. The van der Waals surface area contributed by atoms with Crippen LogP contribution in [0.1, 0.15) is 25.8 Å². The van der Waals surface area contributed by atoms with Gasteiger partial charge in [-0.05, 0) is 38.0 Å². The van der Waals surface area contributed by atoms with Gasteiger partial charge in [0.15, 0.2) is 11.2 Å². The second-order valence-corrected chi connectivity index (χ2v) is 10.1. The van der Waals surface area contributed by atoms with Crippen LogP contribution < -0.4 is 16.0 Å². The van der Waals surface area contributed by atoms with E-state index in [1.807, 2.05) is 0 Å². The van der Waals surface area contributed by atoms with Gasteiger partial charge in [0.2, 0.25) is 16.0 Å². The van der Waals surface area contributed by atoms with Crippen molar-refractivity contribution in [1.82, 2.24) is 18.7 Å². The number of nitrogens with zero attached hydrogens (tertiary/aromatic N) is 4. The molecule has 0 atom stereocenters. The zero-order valence-corrected chi connectivity index (χ0v) is 18.9. The van der Waals surface area contributed by atoms with Crippen LogP contribution in [0.5, 0.6) is 0 Å². The molecule has 0 bridgehead atoms. The van der Waals surface area contributed by atoms with Gasteiger partial charge in [-0.15, -0.1) is 0 Å². The number of aromatic nitrogens is 4. The van der Waals surface area contributed by atoms with Crippen LogP contribution >= 0.6 is 11.6 Å². The molecule has 2 N–H and O–H groups in total. The number of hydrogen-bond acceptors (Lipinski definition) is 6. The molecule has 1 aromatic carbocycles. The summed E-state index contributed by atoms with van der Waals surface area (Å²) in [6, 6.07) is 6.87. The van der Waals surface area contributed by atoms with Gasteiger partial charge >= 0.3 is 5.69 Å². The first-order chi connectivity index (χ1) is 14.6. The van der Waals surface area contributed by atoms with Crippen molar-refractivity contribution in [2.75, 3.05) is 11.3 Å². The van der Waals surface area contributed by atoms with Crippen LogP contribution in [0.25, 0.3) is 11.2 Å². The predicted molar refractivity (Wildman–Crippen MR) is 119 cm³/mol. The van der Waals surface area contributed by atoms with Gasteiger partial charge in [0.05, 0.1) is 11.8 Å². The van der Waals surface area contributed by atoms with Gasteiger partial charge in [-0.2, -0.15) is 4.98 Å². The van der Waals surface area contributed by atoms with Crippen LogP contribution in [-0.2, 0) is 30.2 Å². The van der Waals surface area contributed by atoms with Gasteiger partial charge in [0, 0.05) is 25.2 Å². The molecule has 2 aromatic heterocycles. The Morgan fingerprint density at radius 3 is 2.39 bits per heavy atom. The molecular formula is C19H24ClN5O5S. The van der Waals surface area contributed by atoms with E-state index in [-0.39, 0.29) is 43.2 Å². The molecular weight excluding hydrogens is 446 g/mol. The molecule has 0 amide bonds. The van der Waals surface area contributed by atoms with Gasteiger partial charge < -0.3 is 5.11 Å². The molecule has 3 aromatic rings. The molecule has 168 valence electrons. The Morgan fingerprint density at radius 1 is 1.16 bits per heavy atom. The summed E-state index contributed by atoms with van der Waals surface area (Å²) in [7, 11) is -2.31. The third-order valence-corrected chi connectivity index (χ3v) is 6.84. The maximum Gasteiger partial charge on any atom is 0.332 e. The average molecular weight is 470 g/mol. The lowest BCUT2D eigenvalue weighted by atomic mass is 10.2. The van der Waals surface area contributed by atoms with Crippen molar-refractivity contribution in [3.63, 3.8) is 0 Å². The number of sulfonamides is 1. The van der Waals surface area contributed by atoms with Gasteiger partial charge in [-0.25, -0.2) is 13.2 Å². The summed E-state index contributed by atoms with van der Waals surface area (Å²) in [5.74, 6) is -0.0642. The third-order valence-electron chi connectivity index (χ3n) is 4.88. The van der Waals surface area contributed by atoms with E-state index in [2.05, 4.69) is 9.71 Å². The highest BCUT2D eigenvalue weighted by Crippen LogP contribution is 2.21. The number of halogens is 1. The van der Waals surface area contributed by atoms with Crippen LogP contribution in [-0.4, -0.2) is 44.1 Å². The molecule has 0 saturated carbocycles. The highest BCUT2D eigenvalue weighted by Gasteiger charge is 2.24. The minimum atomic E-state index is -3.76. The average Bonchev–Trinajstić information content (AvgIpc) is 3.05. The fraction of sp³-hybridized carbons (Fsp3) is 0.421. The number of benzene rings is 1. The van der Waals surface area contributed by atoms with Crippen molar-refractivity contribution in [3.05, 3.63) is 55.7 Å². The van der Waals surface area contributed by atoms with Crippen LogP contribution in [0, 0.1) is 0 Å². The zero-order chi connectivity index (χ0) is 22.9. The Bertz CT molecular complexity index is 1320. The van der Waals surface area contributed by atoms with Crippen LogP contribution in [0.15, 0.2) is 33.9 Å². The Morgan fingerprint density at radius 2 is 1.81 bits per heavy atom. The Kier molecular flexibility index (Phi) is 6.58. The van der Waals surface area contributed by atoms with Crippen molar-refractivity contribution in [2.24, 2.45) is 7.05 Å². The molecule has 0 aliphatic rings. The lowest BCUT2D eigenvalue weighted by molar-refractivity contribution is 0.277. The van der Waals surface area contributed by atoms with Gasteiger partial charge in [-0.1, -0.05) is 23.7 Å². The summed E-state index contributed by atoms with van der Waals surface area (Å²) in [6.45, 7) is 3.00. The second-order valence-electron chi connectivity index (χ2n) is 7.39. The smallest absolute Gasteiger partial charge is 0.332 e. The summed E-state index contributed by atoms with van der Waals surface area (Å²) >= 11 is 5.95. The fourth-order valence-electron chi connectivity index (χ4n) is 3.05. The molecule has 10 nitrogen and oxygen atoms in total. The van der Waals surface area contributed by atoms with E-state index in [0.29, 0.717) is 5.02 Å². The number of imidazole rings is 1. The normalized spacial score (nSPS) is 12.1. The zero-order valence-electron chi connectivity index (χ0n) is 17.4. The number of aryl methyl sites for hydroxylation is 1. The van der Waals surface area contributed by atoms with Gasteiger partial charge in [-0.3, -0.25) is 23.2 Å². The van der Waals surface area contributed by atoms with Crippen molar-refractivity contribution in [2.45, 2.75) is 38.6 Å². The van der Waals surface area contributed by atoms with E-state index in [4.69, 9.17) is 16.7 Å². The Balaban J connectivity index is 2.30. The number of aliphatic hydroxyl groups is 1. The Labute approximate surface area is 183 Å². The minimum Gasteiger partial charge on any atom is -0.396 e. The topological polar surface area (TPSA) is 128 Å². The van der Waals surface area contributed by atoms with Crippen molar-refractivity contribution in [1.29, 1.82) is 0 Å². The quantitative estimate of drug-likeness (QED) is 0.509. The van der Waals surface area contributed by atoms with Crippen molar-refractivity contribution < 1.29 is 13.5 Å². The van der Waals surface area contributed by atoms with Crippen LogP contribution in [0.4, 0.5) is 5.95 Å². The van der Waals surface area contributed by atoms with E-state index < -0.39 is 26.5 Å². The number of aliphatic hydroxyl groups excluding tert-OH is 1. The van der Waals surface area contributed by atoms with Crippen molar-refractivity contribution in [3.8, 4) is 0 Å². The molecule has 0 aliphatic heterocycles. The number of fused-ring (bicyclic) bond motifs is 1. The van der Waals surface area contributed by atoms with Gasteiger partial charge in [0.1, 0.15) is 0 Å². The first-order valence-electron chi connectivity index (χ1n) is 9.63. The molecule has 2 heterocycles. The first kappa shape index (κ1) is 23.0. The van der Waals surface area contributed by atoms with Gasteiger partial charge in [0.25, 0.3) is 5.56 Å². The molecule has 0 unspecified atom stereocenters. The van der Waals surface area contributed by atoms with E-state index in [0.717, 1.165) is 10.1 Å². The highest BCUT2D eigenvalue weighted by molar-refractivity contribution is 7.93. The van der Waals surface area contributed by atoms with E-state index in [1.54, 1.807) is 24.3 Å². The van der Waals surface area contributed by atoms with E-state index >= 15 is 0 Å². The molecule has 0 radical (unpaired) electrons. The lowest BCUT2D eigenvalue weighted by Gasteiger charge is -2.13. The summed E-state index contributed by atoms with van der Waals surface area (Å²) in [5, 5.41) is 8.92. The fourth-order valence-corrected chi connectivity index (χ4v) is 3.82. The second kappa shape index (κ2) is 8.85. The summed E-state index contributed by atoms with van der Waals surface area (Å²) < 4.78 is 31.1. The van der Waals surface area contributed by atoms with Crippen molar-refractivity contribution >= 4 is 38.7 Å². The molecule has 0 saturated heterocycles. The number of hydrogen-bond donors (Lipinski definition) is 2. The minimum absolute atomic E-state index is 0.0249. The van der Waals surface area contributed by atoms with E-state index in [1.165, 1.54) is 30.0 Å². The maximum atomic E-state index is 13.2. The summed E-state index contributed by atoms with van der Waals surface area (Å²) in [6.07, 6.45) is 0.221. The van der Waals surface area contributed by atoms with E-state index in [9.17, 15) is 18.0 Å². The van der Waals surface area contributed by atoms with Crippen LogP contribution in [0.3, 0.4) is 0 Å². The largest absolute Gasteiger partial charge is 0.396 e. The summed E-state index contributed by atoms with van der Waals surface area (Å²) in [4.78, 5) is 30.1. The molecule has 0 aliphatic carbocycles. The first-order valence-corrected chi connectivity index (χ1v) is 11.6. The molecule has 0 spiro atoms. The number of anilines is 1. The Hall–Kier alpha value is -2.63. The SMILES string of the molecule is CC(C)S(=O)(=O)Nc1nc2c(c(=O)n(CCCO)c(=O)n2C)n1Cc1ccc(Cl)cc1. The number of rotatable bonds is 8. The standard InChI is InChI=1S/C19H24ClN5O5S/c1-12(2)31(29,30)22-18-21-16-15(25(18)11-13-5-7-14(20)8-6-13)17(27)24(9-4-10-26)19(28)23(16)3/h5-8,12,26H,4,9-11H2,1-3H3,(H,21,22). The van der Waals surface area contributed by atoms with Crippen LogP contribution in [0.2, 0.25) is 5.02 Å².